The molecule has 0 aromatic heterocycles. The zero-order valence-corrected chi connectivity index (χ0v) is 16.4. The molecule has 1 saturated carbocycles. The van der Waals surface area contributed by atoms with E-state index in [-0.39, 0.29) is 6.04 Å². The molecule has 1 aliphatic rings. The quantitative estimate of drug-likeness (QED) is 0.749. The van der Waals surface area contributed by atoms with Crippen molar-refractivity contribution in [3.8, 4) is 0 Å². The third kappa shape index (κ3) is 4.39. The monoisotopic (exact) mass is 355 g/mol. The molecular weight excluding hydrogens is 326 g/mol. The Balaban J connectivity index is 1.88. The topological polar surface area (TPSA) is 29.1 Å². The predicted octanol–water partition coefficient (Wildman–Crippen LogP) is 5.55. The van der Waals surface area contributed by atoms with Crippen LogP contribution in [0.5, 0.6) is 0 Å². The Morgan fingerprint density at radius 1 is 0.960 bits per heavy atom. The van der Waals surface area contributed by atoms with Gasteiger partial charge in [-0.25, -0.2) is 8.93 Å². The van der Waals surface area contributed by atoms with Crippen LogP contribution in [0.2, 0.25) is 0 Å². The summed E-state index contributed by atoms with van der Waals surface area (Å²) in [5.41, 5.74) is 4.70. The second-order valence-electron chi connectivity index (χ2n) is 7.40. The summed E-state index contributed by atoms with van der Waals surface area (Å²) in [4.78, 5) is 0.947. The molecule has 0 aliphatic heterocycles. The minimum atomic E-state index is -1.20. The molecule has 0 spiro atoms. The van der Waals surface area contributed by atoms with Gasteiger partial charge in [0.1, 0.15) is 11.0 Å². The van der Waals surface area contributed by atoms with Crippen LogP contribution in [0.3, 0.4) is 0 Å². The van der Waals surface area contributed by atoms with E-state index in [9.17, 15) is 4.21 Å². The van der Waals surface area contributed by atoms with Crippen molar-refractivity contribution in [2.75, 3.05) is 0 Å². The van der Waals surface area contributed by atoms with Crippen LogP contribution in [0, 0.1) is 26.7 Å². The number of benzene rings is 2. The molecule has 0 radical (unpaired) electrons. The summed E-state index contributed by atoms with van der Waals surface area (Å²) in [6, 6.07) is 14.9. The molecule has 2 nitrogen and oxygen atoms in total. The van der Waals surface area contributed by atoms with Crippen molar-refractivity contribution in [1.29, 1.82) is 0 Å². The maximum Gasteiger partial charge on any atom is 0.126 e. The fraction of sp³-hybridized carbons (Fsp3) is 0.455. The first-order valence-corrected chi connectivity index (χ1v) is 10.5. The van der Waals surface area contributed by atoms with Crippen molar-refractivity contribution in [3.63, 3.8) is 0 Å². The van der Waals surface area contributed by atoms with Gasteiger partial charge in [-0.1, -0.05) is 67.3 Å². The first-order valence-electron chi connectivity index (χ1n) is 9.37. The van der Waals surface area contributed by atoms with Crippen LogP contribution in [0.25, 0.3) is 0 Å². The number of hydrogen-bond acceptors (Lipinski definition) is 1. The van der Waals surface area contributed by atoms with E-state index in [4.69, 9.17) is 0 Å². The van der Waals surface area contributed by atoms with Gasteiger partial charge in [-0.05, 0) is 56.2 Å². The Bertz CT molecular complexity index is 712. The molecule has 0 amide bonds. The molecule has 1 aliphatic carbocycles. The average Bonchev–Trinajstić information content (AvgIpc) is 2.60. The standard InChI is InChI=1S/C22H29NOS/c1-16-14-17(2)22(18(3)15-16)25(24)23-21(19-10-6-4-7-11-19)20-12-8-5-9-13-20/h4,6-7,10-11,14-15,20-21,23H,5,8-9,12-13H2,1-3H3/t21-,25?/m0/s1. The van der Waals surface area contributed by atoms with E-state index in [0.717, 1.165) is 16.0 Å². The highest BCUT2D eigenvalue weighted by molar-refractivity contribution is 7.83. The third-order valence-electron chi connectivity index (χ3n) is 5.30. The Morgan fingerprint density at radius 3 is 2.16 bits per heavy atom. The van der Waals surface area contributed by atoms with Gasteiger partial charge in [0.2, 0.25) is 0 Å². The zero-order chi connectivity index (χ0) is 17.8. The molecular formula is C22H29NOS. The van der Waals surface area contributed by atoms with Crippen LogP contribution in [-0.4, -0.2) is 4.21 Å². The van der Waals surface area contributed by atoms with Crippen LogP contribution >= 0.6 is 0 Å². The zero-order valence-electron chi connectivity index (χ0n) is 15.5. The van der Waals surface area contributed by atoms with Crippen LogP contribution < -0.4 is 4.72 Å². The van der Waals surface area contributed by atoms with Crippen molar-refractivity contribution in [2.24, 2.45) is 5.92 Å². The molecule has 2 atom stereocenters. The summed E-state index contributed by atoms with van der Waals surface area (Å²) in [7, 11) is -1.20. The van der Waals surface area contributed by atoms with Crippen LogP contribution in [0.15, 0.2) is 47.4 Å². The van der Waals surface area contributed by atoms with Crippen LogP contribution in [0.4, 0.5) is 0 Å². The van der Waals surface area contributed by atoms with E-state index in [1.165, 1.54) is 43.2 Å². The van der Waals surface area contributed by atoms with E-state index >= 15 is 0 Å². The van der Waals surface area contributed by atoms with Crippen molar-refractivity contribution in [3.05, 3.63) is 64.7 Å². The first kappa shape index (κ1) is 18.3. The second-order valence-corrected chi connectivity index (χ2v) is 8.58. The van der Waals surface area contributed by atoms with Crippen molar-refractivity contribution < 1.29 is 4.21 Å². The minimum absolute atomic E-state index is 0.155. The maximum atomic E-state index is 13.2. The molecule has 3 rings (SSSR count). The van der Waals surface area contributed by atoms with Gasteiger partial charge in [0.15, 0.2) is 0 Å². The smallest absolute Gasteiger partial charge is 0.126 e. The molecule has 1 N–H and O–H groups in total. The normalized spacial score (nSPS) is 18.0. The van der Waals surface area contributed by atoms with Crippen LogP contribution in [0.1, 0.15) is 60.4 Å². The predicted molar refractivity (Wildman–Crippen MR) is 106 cm³/mol. The second kappa shape index (κ2) is 8.29. The average molecular weight is 356 g/mol. The fourth-order valence-corrected chi connectivity index (χ4v) is 5.58. The Morgan fingerprint density at radius 2 is 1.56 bits per heavy atom. The van der Waals surface area contributed by atoms with Gasteiger partial charge in [0.05, 0.1) is 4.90 Å². The van der Waals surface area contributed by atoms with E-state index < -0.39 is 11.0 Å². The van der Waals surface area contributed by atoms with E-state index in [2.05, 4.69) is 61.9 Å². The lowest BCUT2D eigenvalue weighted by molar-refractivity contribution is 0.296. The molecule has 25 heavy (non-hydrogen) atoms. The third-order valence-corrected chi connectivity index (χ3v) is 6.79. The fourth-order valence-electron chi connectivity index (χ4n) is 4.20. The summed E-state index contributed by atoms with van der Waals surface area (Å²) in [6.45, 7) is 6.22. The largest absolute Gasteiger partial charge is 0.237 e. The summed E-state index contributed by atoms with van der Waals surface area (Å²) >= 11 is 0. The van der Waals surface area contributed by atoms with E-state index in [0.29, 0.717) is 5.92 Å². The molecule has 1 unspecified atom stereocenters. The van der Waals surface area contributed by atoms with Crippen molar-refractivity contribution in [1.82, 2.24) is 4.72 Å². The summed E-state index contributed by atoms with van der Waals surface area (Å²) in [6.07, 6.45) is 6.33. The molecule has 134 valence electrons. The van der Waals surface area contributed by atoms with E-state index in [1.54, 1.807) is 0 Å². The van der Waals surface area contributed by atoms with Crippen molar-refractivity contribution >= 4 is 11.0 Å². The van der Waals surface area contributed by atoms with Crippen molar-refractivity contribution in [2.45, 2.75) is 63.8 Å². The van der Waals surface area contributed by atoms with Gasteiger partial charge in [-0.2, -0.15) is 0 Å². The van der Waals surface area contributed by atoms with Gasteiger partial charge in [0.25, 0.3) is 0 Å². The summed E-state index contributed by atoms with van der Waals surface area (Å²) in [5, 5.41) is 0. The highest BCUT2D eigenvalue weighted by Gasteiger charge is 2.27. The van der Waals surface area contributed by atoms with Gasteiger partial charge in [-0.15, -0.1) is 0 Å². The number of rotatable bonds is 5. The summed E-state index contributed by atoms with van der Waals surface area (Å²) in [5.74, 6) is 0.561. The summed E-state index contributed by atoms with van der Waals surface area (Å²) < 4.78 is 16.7. The Kier molecular flexibility index (Phi) is 6.08. The van der Waals surface area contributed by atoms with Gasteiger partial charge >= 0.3 is 0 Å². The van der Waals surface area contributed by atoms with Crippen LogP contribution in [-0.2, 0) is 11.0 Å². The van der Waals surface area contributed by atoms with E-state index in [1.807, 2.05) is 6.07 Å². The Labute approximate surface area is 154 Å². The SMILES string of the molecule is Cc1cc(C)c(S(=O)N[C@@H](c2ccccc2)C2CCCCC2)c(C)c1. The first-order chi connectivity index (χ1) is 12.1. The van der Waals surface area contributed by atoms with Gasteiger partial charge in [-0.3, -0.25) is 0 Å². The Hall–Kier alpha value is -1.45. The lowest BCUT2D eigenvalue weighted by atomic mass is 9.81. The number of nitrogens with one attached hydrogen (secondary N) is 1. The van der Waals surface area contributed by atoms with Gasteiger partial charge < -0.3 is 0 Å². The number of hydrogen-bond donors (Lipinski definition) is 1. The maximum absolute atomic E-state index is 13.2. The molecule has 0 bridgehead atoms. The molecule has 2 aromatic rings. The minimum Gasteiger partial charge on any atom is -0.237 e. The molecule has 0 saturated heterocycles. The van der Waals surface area contributed by atoms with Gasteiger partial charge in [0, 0.05) is 6.04 Å². The number of aryl methyl sites for hydroxylation is 3. The highest BCUT2D eigenvalue weighted by atomic mass is 32.2. The lowest BCUT2D eigenvalue weighted by Gasteiger charge is -2.31. The molecule has 2 aromatic carbocycles. The highest BCUT2D eigenvalue weighted by Crippen LogP contribution is 2.35. The molecule has 0 heterocycles. The molecule has 1 fully saturated rings. The lowest BCUT2D eigenvalue weighted by Crippen LogP contribution is -2.31. The molecule has 3 heteroatoms.